The summed E-state index contributed by atoms with van der Waals surface area (Å²) < 4.78 is 0. The van der Waals surface area contributed by atoms with Gasteiger partial charge in [0, 0.05) is 12.1 Å². The lowest BCUT2D eigenvalue weighted by atomic mass is 10.1. The number of carboxylic acids is 1. The molecule has 0 aromatic carbocycles. The Bertz CT molecular complexity index is 231. The van der Waals surface area contributed by atoms with E-state index < -0.39 is 12.0 Å². The lowest BCUT2D eigenvalue weighted by Gasteiger charge is -2.24. The number of aliphatic carboxylic acids is 1. The van der Waals surface area contributed by atoms with E-state index in [4.69, 9.17) is 5.11 Å². The van der Waals surface area contributed by atoms with Gasteiger partial charge in [-0.25, -0.2) is 0 Å². The Balaban J connectivity index is 2.38. The molecule has 94 valence electrons. The van der Waals surface area contributed by atoms with E-state index in [9.17, 15) is 4.79 Å². The summed E-state index contributed by atoms with van der Waals surface area (Å²) in [7, 11) is 0. The first-order valence-electron chi connectivity index (χ1n) is 6.23. The molecule has 0 aliphatic carbocycles. The van der Waals surface area contributed by atoms with Gasteiger partial charge in [0.05, 0.1) is 0 Å². The van der Waals surface area contributed by atoms with Crippen LogP contribution < -0.4 is 5.32 Å². The Morgan fingerprint density at radius 3 is 2.56 bits per heavy atom. The van der Waals surface area contributed by atoms with Crippen LogP contribution in [-0.4, -0.2) is 47.2 Å². The molecule has 0 amide bonds. The van der Waals surface area contributed by atoms with Crippen molar-refractivity contribution in [2.45, 2.75) is 58.2 Å². The van der Waals surface area contributed by atoms with E-state index in [2.05, 4.69) is 24.1 Å². The SMILES string of the molecule is CC(NC1CCCN(C(C)C)CC1)C(=O)O. The molecule has 1 heterocycles. The Morgan fingerprint density at radius 2 is 2.00 bits per heavy atom. The predicted molar refractivity (Wildman–Crippen MR) is 64.6 cm³/mol. The van der Waals surface area contributed by atoms with E-state index in [1.54, 1.807) is 6.92 Å². The Kier molecular flexibility index (Phi) is 5.22. The molecule has 2 unspecified atom stereocenters. The number of hydrogen-bond donors (Lipinski definition) is 2. The van der Waals surface area contributed by atoms with Crippen molar-refractivity contribution < 1.29 is 9.90 Å². The molecule has 0 aromatic rings. The van der Waals surface area contributed by atoms with Crippen molar-refractivity contribution in [1.82, 2.24) is 10.2 Å². The van der Waals surface area contributed by atoms with E-state index in [1.807, 2.05) is 0 Å². The molecule has 0 bridgehead atoms. The minimum atomic E-state index is -0.759. The van der Waals surface area contributed by atoms with Gasteiger partial charge < -0.3 is 15.3 Å². The molecular formula is C12H24N2O2. The summed E-state index contributed by atoms with van der Waals surface area (Å²) in [6.45, 7) is 8.35. The van der Waals surface area contributed by atoms with Crippen molar-refractivity contribution in [3.8, 4) is 0 Å². The number of nitrogens with one attached hydrogen (secondary N) is 1. The van der Waals surface area contributed by atoms with Crippen molar-refractivity contribution in [2.24, 2.45) is 0 Å². The number of hydrogen-bond acceptors (Lipinski definition) is 3. The van der Waals surface area contributed by atoms with Crippen LogP contribution in [0.1, 0.15) is 40.0 Å². The second-order valence-electron chi connectivity index (χ2n) is 4.98. The molecule has 4 heteroatoms. The Labute approximate surface area is 98.0 Å². The van der Waals surface area contributed by atoms with Crippen LogP contribution in [0.5, 0.6) is 0 Å². The Morgan fingerprint density at radius 1 is 1.31 bits per heavy atom. The second kappa shape index (κ2) is 6.21. The van der Waals surface area contributed by atoms with E-state index >= 15 is 0 Å². The first kappa shape index (κ1) is 13.5. The summed E-state index contributed by atoms with van der Waals surface area (Å²) in [5.41, 5.74) is 0. The summed E-state index contributed by atoms with van der Waals surface area (Å²) in [5, 5.41) is 12.0. The van der Waals surface area contributed by atoms with Crippen LogP contribution in [-0.2, 0) is 4.79 Å². The largest absolute Gasteiger partial charge is 0.480 e. The minimum absolute atomic E-state index is 0.356. The fourth-order valence-corrected chi connectivity index (χ4v) is 2.23. The number of carbonyl (C=O) groups is 1. The molecule has 1 saturated heterocycles. The van der Waals surface area contributed by atoms with Crippen LogP contribution in [0.4, 0.5) is 0 Å². The normalized spacial score (nSPS) is 25.4. The fourth-order valence-electron chi connectivity index (χ4n) is 2.23. The highest BCUT2D eigenvalue weighted by atomic mass is 16.4. The molecule has 2 N–H and O–H groups in total. The van der Waals surface area contributed by atoms with Gasteiger partial charge in [0.15, 0.2) is 0 Å². The lowest BCUT2D eigenvalue weighted by molar-refractivity contribution is -0.139. The van der Waals surface area contributed by atoms with E-state index in [1.165, 1.54) is 0 Å². The number of rotatable bonds is 4. The Hall–Kier alpha value is -0.610. The smallest absolute Gasteiger partial charge is 0.320 e. The van der Waals surface area contributed by atoms with E-state index in [0.29, 0.717) is 12.1 Å². The maximum atomic E-state index is 10.8. The third-order valence-electron chi connectivity index (χ3n) is 3.35. The average Bonchev–Trinajstić information content (AvgIpc) is 2.43. The molecule has 0 radical (unpaired) electrons. The van der Waals surface area contributed by atoms with Crippen LogP contribution in [0.15, 0.2) is 0 Å². The monoisotopic (exact) mass is 228 g/mol. The third-order valence-corrected chi connectivity index (χ3v) is 3.35. The molecule has 2 atom stereocenters. The molecular weight excluding hydrogens is 204 g/mol. The standard InChI is InChI=1S/C12H24N2O2/c1-9(2)14-7-4-5-11(6-8-14)13-10(3)12(15)16/h9-11,13H,4-8H2,1-3H3,(H,15,16). The molecule has 0 spiro atoms. The third kappa shape index (κ3) is 4.10. The summed E-state index contributed by atoms with van der Waals surface area (Å²) in [4.78, 5) is 13.2. The number of likely N-dealkylation sites (tertiary alicyclic amines) is 1. The summed E-state index contributed by atoms with van der Waals surface area (Å²) in [6, 6.07) is 0.515. The van der Waals surface area contributed by atoms with Gasteiger partial charge in [-0.2, -0.15) is 0 Å². The van der Waals surface area contributed by atoms with Crippen molar-refractivity contribution in [2.75, 3.05) is 13.1 Å². The molecule has 1 aliphatic rings. The molecule has 0 aromatic heterocycles. The van der Waals surface area contributed by atoms with Gasteiger partial charge in [-0.05, 0) is 53.1 Å². The predicted octanol–water partition coefficient (Wildman–Crippen LogP) is 1.31. The van der Waals surface area contributed by atoms with Crippen molar-refractivity contribution in [3.05, 3.63) is 0 Å². The molecule has 1 fully saturated rings. The number of carboxylic acid groups (broad SMARTS) is 1. The van der Waals surface area contributed by atoms with Crippen LogP contribution in [0, 0.1) is 0 Å². The topological polar surface area (TPSA) is 52.6 Å². The maximum Gasteiger partial charge on any atom is 0.320 e. The maximum absolute atomic E-state index is 10.8. The van der Waals surface area contributed by atoms with Gasteiger partial charge in [0.1, 0.15) is 6.04 Å². The van der Waals surface area contributed by atoms with Gasteiger partial charge in [-0.1, -0.05) is 0 Å². The molecule has 4 nitrogen and oxygen atoms in total. The molecule has 0 saturated carbocycles. The van der Waals surface area contributed by atoms with Crippen molar-refractivity contribution in [3.63, 3.8) is 0 Å². The van der Waals surface area contributed by atoms with Gasteiger partial charge >= 0.3 is 5.97 Å². The van der Waals surface area contributed by atoms with Gasteiger partial charge in [-0.3, -0.25) is 4.79 Å². The second-order valence-corrected chi connectivity index (χ2v) is 4.98. The molecule has 16 heavy (non-hydrogen) atoms. The van der Waals surface area contributed by atoms with Gasteiger partial charge in [-0.15, -0.1) is 0 Å². The zero-order valence-corrected chi connectivity index (χ0v) is 10.6. The highest BCUT2D eigenvalue weighted by Crippen LogP contribution is 2.13. The van der Waals surface area contributed by atoms with Crippen LogP contribution in [0.3, 0.4) is 0 Å². The highest BCUT2D eigenvalue weighted by Gasteiger charge is 2.21. The summed E-state index contributed by atoms with van der Waals surface area (Å²) in [5.74, 6) is -0.759. The highest BCUT2D eigenvalue weighted by molar-refractivity contribution is 5.72. The molecule has 1 rings (SSSR count). The first-order valence-corrected chi connectivity index (χ1v) is 6.23. The van der Waals surface area contributed by atoms with Crippen LogP contribution >= 0.6 is 0 Å². The summed E-state index contributed by atoms with van der Waals surface area (Å²) >= 11 is 0. The van der Waals surface area contributed by atoms with Crippen molar-refractivity contribution >= 4 is 5.97 Å². The first-order chi connectivity index (χ1) is 7.50. The van der Waals surface area contributed by atoms with Gasteiger partial charge in [0.2, 0.25) is 0 Å². The quantitative estimate of drug-likeness (QED) is 0.762. The van der Waals surface area contributed by atoms with E-state index in [0.717, 1.165) is 32.4 Å². The van der Waals surface area contributed by atoms with Crippen LogP contribution in [0.25, 0.3) is 0 Å². The summed E-state index contributed by atoms with van der Waals surface area (Å²) in [6.07, 6.45) is 3.29. The zero-order chi connectivity index (χ0) is 12.1. The van der Waals surface area contributed by atoms with Crippen molar-refractivity contribution in [1.29, 1.82) is 0 Å². The fraction of sp³-hybridized carbons (Fsp3) is 0.917. The minimum Gasteiger partial charge on any atom is -0.480 e. The zero-order valence-electron chi connectivity index (χ0n) is 10.6. The van der Waals surface area contributed by atoms with Crippen LogP contribution in [0.2, 0.25) is 0 Å². The van der Waals surface area contributed by atoms with E-state index in [-0.39, 0.29) is 0 Å². The average molecular weight is 228 g/mol. The number of nitrogens with zero attached hydrogens (tertiary/aromatic N) is 1. The molecule has 1 aliphatic heterocycles. The van der Waals surface area contributed by atoms with Gasteiger partial charge in [0.25, 0.3) is 0 Å². The lowest BCUT2D eigenvalue weighted by Crippen LogP contribution is -2.42.